The summed E-state index contributed by atoms with van der Waals surface area (Å²) >= 11 is 0. The summed E-state index contributed by atoms with van der Waals surface area (Å²) in [6.45, 7) is 4.86. The average Bonchev–Trinajstić information content (AvgIpc) is 4.07. The van der Waals surface area contributed by atoms with Crippen molar-refractivity contribution in [3.8, 4) is 23.7 Å². The van der Waals surface area contributed by atoms with Crippen molar-refractivity contribution in [3.63, 3.8) is 0 Å². The van der Waals surface area contributed by atoms with E-state index in [9.17, 15) is 55.1 Å². The first-order valence-corrected chi connectivity index (χ1v) is 25.1. The lowest BCUT2D eigenvalue weighted by atomic mass is 10.1. The van der Waals surface area contributed by atoms with Gasteiger partial charge in [-0.05, 0) is 110 Å². The van der Waals surface area contributed by atoms with Crippen molar-refractivity contribution in [2.45, 2.75) is 133 Å². The molecule has 2 saturated heterocycles. The fraction of sp³-hybridized carbons (Fsp3) is 0.585. The molecule has 4 N–H and O–H groups in total. The van der Waals surface area contributed by atoms with Gasteiger partial charge in [-0.2, -0.15) is 26.3 Å². The highest BCUT2D eigenvalue weighted by Crippen LogP contribution is 2.27. The SMILES string of the molecule is CN[C@@H](C)C(=O)NC(C(=O)N1CCC[C@H]1CN(CCc1ccccc1)C(=O)C(F)(F)F)[C@@H](C)OCC#CC#CCO[C@H](C)[C@H](NC(=O)[C@H](C)NC)C(=O)N1CCC[C@H]1CN(CCCc1ccccc1)C(=O)C(F)(F)F. The molecule has 1 unspecified atom stereocenters. The molecular formula is C53H70F6N8O8. The highest BCUT2D eigenvalue weighted by atomic mass is 19.4. The molecule has 2 aromatic rings. The van der Waals surface area contributed by atoms with Crippen LogP contribution in [0.3, 0.4) is 0 Å². The molecule has 6 amide bonds. The molecule has 2 aliphatic heterocycles. The van der Waals surface area contributed by atoms with Crippen molar-refractivity contribution >= 4 is 35.4 Å². The highest BCUT2D eigenvalue weighted by molar-refractivity contribution is 5.91. The van der Waals surface area contributed by atoms with Gasteiger partial charge in [0.15, 0.2) is 0 Å². The molecule has 16 nitrogen and oxygen atoms in total. The summed E-state index contributed by atoms with van der Waals surface area (Å²) in [5, 5.41) is 11.0. The molecule has 2 aliphatic rings. The number of benzene rings is 2. The third-order valence-corrected chi connectivity index (χ3v) is 13.3. The highest BCUT2D eigenvalue weighted by Gasteiger charge is 2.46. The third-order valence-electron chi connectivity index (χ3n) is 13.3. The van der Waals surface area contributed by atoms with Gasteiger partial charge < -0.3 is 50.3 Å². The quantitative estimate of drug-likeness (QED) is 0.0848. The van der Waals surface area contributed by atoms with Gasteiger partial charge >= 0.3 is 24.2 Å². The van der Waals surface area contributed by atoms with E-state index < -0.39 is 96.3 Å². The molecule has 0 aliphatic carbocycles. The van der Waals surface area contributed by atoms with Crippen LogP contribution < -0.4 is 21.3 Å². The molecule has 0 bridgehead atoms. The first kappa shape index (κ1) is 61.3. The van der Waals surface area contributed by atoms with Crippen LogP contribution in [0.25, 0.3) is 0 Å². The molecule has 0 aromatic heterocycles. The van der Waals surface area contributed by atoms with Crippen LogP contribution in [-0.2, 0) is 51.1 Å². The van der Waals surface area contributed by atoms with Gasteiger partial charge in [-0.3, -0.25) is 28.8 Å². The normalized spacial score (nSPS) is 18.0. The maximum Gasteiger partial charge on any atom is 0.471 e. The predicted octanol–water partition coefficient (Wildman–Crippen LogP) is 3.63. The van der Waals surface area contributed by atoms with Gasteiger partial charge in [-0.15, -0.1) is 0 Å². The zero-order valence-corrected chi connectivity index (χ0v) is 43.3. The Morgan fingerprint density at radius 3 is 1.39 bits per heavy atom. The van der Waals surface area contributed by atoms with Crippen LogP contribution in [-0.4, -0.2) is 182 Å². The van der Waals surface area contributed by atoms with Crippen LogP contribution in [0.4, 0.5) is 26.3 Å². The molecule has 4 rings (SSSR count). The van der Waals surface area contributed by atoms with E-state index in [-0.39, 0.29) is 65.3 Å². The Balaban J connectivity index is 1.41. The van der Waals surface area contributed by atoms with Crippen LogP contribution in [0, 0.1) is 23.7 Å². The monoisotopic (exact) mass is 1060 g/mol. The van der Waals surface area contributed by atoms with E-state index in [4.69, 9.17) is 9.47 Å². The number of nitrogens with one attached hydrogen (secondary N) is 4. The number of likely N-dealkylation sites (tertiary alicyclic amines) is 2. The summed E-state index contributed by atoms with van der Waals surface area (Å²) in [5.41, 5.74) is 1.64. The van der Waals surface area contributed by atoms with Crippen LogP contribution in [0.15, 0.2) is 60.7 Å². The Hall–Kier alpha value is -6.20. The van der Waals surface area contributed by atoms with Gasteiger partial charge in [-0.25, -0.2) is 0 Å². The van der Waals surface area contributed by atoms with E-state index in [1.54, 1.807) is 58.3 Å². The number of halogens is 6. The topological polar surface area (TPSA) is 182 Å². The number of hydrogen-bond acceptors (Lipinski definition) is 10. The average molecular weight is 1060 g/mol. The maximum atomic E-state index is 14.2. The number of carbonyl (C=O) groups is 6. The number of alkyl halides is 6. The second-order valence-electron chi connectivity index (χ2n) is 18.6. The first-order chi connectivity index (χ1) is 35.6. The minimum absolute atomic E-state index is 0.159. The minimum atomic E-state index is -5.14. The lowest BCUT2D eigenvalue weighted by molar-refractivity contribution is -0.186. The summed E-state index contributed by atoms with van der Waals surface area (Å²) in [6.07, 6.45) is -9.85. The molecule has 412 valence electrons. The van der Waals surface area contributed by atoms with E-state index in [2.05, 4.69) is 44.9 Å². The Bertz CT molecular complexity index is 2320. The molecule has 8 atom stereocenters. The number of carbonyl (C=O) groups excluding carboxylic acids is 6. The summed E-state index contributed by atoms with van der Waals surface area (Å²) in [6, 6.07) is 12.3. The first-order valence-electron chi connectivity index (χ1n) is 25.1. The number of nitrogens with zero attached hydrogens (tertiary/aromatic N) is 4. The second kappa shape index (κ2) is 29.8. The number of rotatable bonds is 25. The van der Waals surface area contributed by atoms with E-state index in [1.165, 1.54) is 23.6 Å². The summed E-state index contributed by atoms with van der Waals surface area (Å²) < 4.78 is 94.6. The Morgan fingerprint density at radius 2 is 1.00 bits per heavy atom. The van der Waals surface area contributed by atoms with Gasteiger partial charge in [-0.1, -0.05) is 72.5 Å². The number of hydrogen-bond donors (Lipinski definition) is 4. The number of likely N-dealkylation sites (N-methyl/N-ethyl adjacent to an activating group) is 2. The smallest absolute Gasteiger partial charge is 0.363 e. The van der Waals surface area contributed by atoms with Crippen molar-refractivity contribution < 1.29 is 64.6 Å². The molecule has 0 saturated carbocycles. The molecule has 0 radical (unpaired) electrons. The van der Waals surface area contributed by atoms with Crippen molar-refractivity contribution in [2.24, 2.45) is 0 Å². The Labute approximate surface area is 435 Å². The van der Waals surface area contributed by atoms with Gasteiger partial charge in [0.2, 0.25) is 23.6 Å². The molecule has 2 heterocycles. The third kappa shape index (κ3) is 19.2. The van der Waals surface area contributed by atoms with Crippen LogP contribution in [0.2, 0.25) is 0 Å². The largest absolute Gasteiger partial charge is 0.471 e. The number of amides is 6. The molecule has 22 heteroatoms. The molecular weight excluding hydrogens is 991 g/mol. The molecule has 0 spiro atoms. The maximum absolute atomic E-state index is 14.2. The van der Waals surface area contributed by atoms with Gasteiger partial charge in [0.1, 0.15) is 25.3 Å². The van der Waals surface area contributed by atoms with E-state index in [0.29, 0.717) is 32.1 Å². The lowest BCUT2D eigenvalue weighted by Gasteiger charge is -2.35. The fourth-order valence-electron chi connectivity index (χ4n) is 8.71. The molecule has 75 heavy (non-hydrogen) atoms. The van der Waals surface area contributed by atoms with Gasteiger partial charge in [0.05, 0.1) is 24.3 Å². The summed E-state index contributed by atoms with van der Waals surface area (Å²) in [7, 11) is 3.10. The minimum Gasteiger partial charge on any atom is -0.363 e. The van der Waals surface area contributed by atoms with Crippen molar-refractivity contribution in [2.75, 3.05) is 66.6 Å². The fourth-order valence-corrected chi connectivity index (χ4v) is 8.71. The summed E-state index contributed by atoms with van der Waals surface area (Å²) in [5.74, 6) is 4.29. The van der Waals surface area contributed by atoms with Crippen LogP contribution in [0.1, 0.15) is 70.9 Å². The van der Waals surface area contributed by atoms with Gasteiger partial charge in [0.25, 0.3) is 0 Å². The molecule has 2 aromatic carbocycles. The van der Waals surface area contributed by atoms with E-state index in [0.717, 1.165) is 20.9 Å². The number of aryl methyl sites for hydroxylation is 1. The Kier molecular flexibility index (Phi) is 24.4. The number of ether oxygens (including phenoxy) is 2. The van der Waals surface area contributed by atoms with Crippen LogP contribution in [0.5, 0.6) is 0 Å². The van der Waals surface area contributed by atoms with Crippen molar-refractivity contribution in [1.82, 2.24) is 40.9 Å². The standard InChI is InChI=1S/C53H70F6N8O8/c1-36(60-5)46(68)62-44(48(70)66-29-18-25-42(66)34-64(50(72)52(54,55)56)28-17-24-40-20-11-9-12-21-40)38(3)74-32-15-7-8-16-33-75-39(4)45(63-47(69)37(2)61-6)49(71)67-30-19-26-43(67)35-65(51(73)53(57,58)59)31-27-41-22-13-10-14-23-41/h9-14,20-23,36-39,42-45,60-61H,17-19,24-35H2,1-6H3,(H,62,68)(H,63,69)/t36-,37-,38+,39+,42-,43-,44-,45?/m0/s1. The van der Waals surface area contributed by atoms with E-state index in [1.807, 2.05) is 30.3 Å². The van der Waals surface area contributed by atoms with Crippen molar-refractivity contribution in [1.29, 1.82) is 0 Å². The molecule has 2 fully saturated rings. The predicted molar refractivity (Wildman–Crippen MR) is 267 cm³/mol. The zero-order chi connectivity index (χ0) is 55.3. The summed E-state index contributed by atoms with van der Waals surface area (Å²) in [4.78, 5) is 84.1. The second-order valence-corrected chi connectivity index (χ2v) is 18.6. The Morgan fingerprint density at radius 1 is 0.613 bits per heavy atom. The van der Waals surface area contributed by atoms with Crippen molar-refractivity contribution in [3.05, 3.63) is 71.8 Å². The lowest BCUT2D eigenvalue weighted by Crippen LogP contribution is -2.59. The zero-order valence-electron chi connectivity index (χ0n) is 43.3. The van der Waals surface area contributed by atoms with Gasteiger partial charge in [0, 0.05) is 51.4 Å². The van der Waals surface area contributed by atoms with Crippen LogP contribution >= 0.6 is 0 Å². The van der Waals surface area contributed by atoms with E-state index >= 15 is 0 Å².